The summed E-state index contributed by atoms with van der Waals surface area (Å²) in [6, 6.07) is 1.58. The van der Waals surface area contributed by atoms with Gasteiger partial charge in [0.25, 0.3) is 0 Å². The van der Waals surface area contributed by atoms with E-state index in [0.717, 1.165) is 0 Å². The summed E-state index contributed by atoms with van der Waals surface area (Å²) in [4.78, 5) is 32.9. The van der Waals surface area contributed by atoms with Gasteiger partial charge in [-0.15, -0.1) is 4.90 Å². The summed E-state index contributed by atoms with van der Waals surface area (Å²) in [6.45, 7) is 10.2. The Hall–Kier alpha value is -2.18. The number of imide groups is 1. The van der Waals surface area contributed by atoms with E-state index >= 15 is 0 Å². The molecule has 1 rings (SSSR count). The molecule has 0 aliphatic rings. The zero-order chi connectivity index (χ0) is 16.3. The van der Waals surface area contributed by atoms with E-state index in [1.807, 2.05) is 0 Å². The van der Waals surface area contributed by atoms with Crippen LogP contribution in [0.4, 0.5) is 15.5 Å². The molecule has 1 heterocycles. The van der Waals surface area contributed by atoms with E-state index in [-0.39, 0.29) is 5.95 Å². The molecule has 0 aromatic carbocycles. The summed E-state index contributed by atoms with van der Waals surface area (Å²) in [5, 5.41) is 0. The standard InChI is InChI=1S/C14H21N3O4/c1-13(2,3)20-11(18)17(10-15-8-7-9-16-10)12(19)21-14(4,5)6/h7-9H,1-6H3. The van der Waals surface area contributed by atoms with Gasteiger partial charge in [0.15, 0.2) is 0 Å². The second-order valence-electron chi connectivity index (χ2n) is 6.34. The number of ether oxygens (including phenoxy) is 2. The highest BCUT2D eigenvalue weighted by Crippen LogP contribution is 2.17. The molecule has 0 fully saturated rings. The van der Waals surface area contributed by atoms with Crippen molar-refractivity contribution in [1.82, 2.24) is 9.97 Å². The molecule has 116 valence electrons. The number of carbonyl (C=O) groups excluding carboxylic acids is 2. The van der Waals surface area contributed by atoms with Gasteiger partial charge in [-0.2, -0.15) is 0 Å². The summed E-state index contributed by atoms with van der Waals surface area (Å²) < 4.78 is 10.4. The van der Waals surface area contributed by atoms with Crippen LogP contribution >= 0.6 is 0 Å². The average Bonchev–Trinajstić information content (AvgIpc) is 2.25. The molecule has 7 heteroatoms. The summed E-state index contributed by atoms with van der Waals surface area (Å²) in [5.74, 6) is -0.0963. The van der Waals surface area contributed by atoms with Gasteiger partial charge in [0.2, 0.25) is 5.95 Å². The Bertz CT molecular complexity index is 475. The maximum atomic E-state index is 12.2. The van der Waals surface area contributed by atoms with E-state index in [4.69, 9.17) is 9.47 Å². The molecule has 1 aromatic rings. The van der Waals surface area contributed by atoms with Crippen LogP contribution in [0.25, 0.3) is 0 Å². The first-order chi connectivity index (χ1) is 9.49. The molecule has 0 saturated carbocycles. The number of hydrogen-bond acceptors (Lipinski definition) is 6. The molecular formula is C14H21N3O4. The van der Waals surface area contributed by atoms with Gasteiger partial charge in [-0.25, -0.2) is 19.6 Å². The van der Waals surface area contributed by atoms with Crippen LogP contribution in [0.15, 0.2) is 18.5 Å². The smallest absolute Gasteiger partial charge is 0.427 e. The van der Waals surface area contributed by atoms with E-state index in [0.29, 0.717) is 4.90 Å². The van der Waals surface area contributed by atoms with Crippen molar-refractivity contribution < 1.29 is 19.1 Å². The van der Waals surface area contributed by atoms with Crippen molar-refractivity contribution in [2.24, 2.45) is 0 Å². The van der Waals surface area contributed by atoms with Crippen LogP contribution in [-0.4, -0.2) is 33.4 Å². The second-order valence-corrected chi connectivity index (χ2v) is 6.34. The van der Waals surface area contributed by atoms with Crippen molar-refractivity contribution in [3.8, 4) is 0 Å². The number of anilines is 1. The zero-order valence-electron chi connectivity index (χ0n) is 13.2. The van der Waals surface area contributed by atoms with E-state index in [1.165, 1.54) is 12.4 Å². The number of carbonyl (C=O) groups is 2. The van der Waals surface area contributed by atoms with Crippen LogP contribution in [0.1, 0.15) is 41.5 Å². The Labute approximate surface area is 124 Å². The Morgan fingerprint density at radius 3 is 1.62 bits per heavy atom. The van der Waals surface area contributed by atoms with Crippen molar-refractivity contribution in [2.75, 3.05) is 4.90 Å². The van der Waals surface area contributed by atoms with E-state index in [1.54, 1.807) is 47.6 Å². The lowest BCUT2D eigenvalue weighted by molar-refractivity contribution is 0.0427. The zero-order valence-corrected chi connectivity index (χ0v) is 13.2. The Morgan fingerprint density at radius 2 is 1.29 bits per heavy atom. The lowest BCUT2D eigenvalue weighted by Crippen LogP contribution is -2.44. The van der Waals surface area contributed by atoms with Crippen LogP contribution in [-0.2, 0) is 9.47 Å². The molecule has 0 aliphatic carbocycles. The predicted octanol–water partition coefficient (Wildman–Crippen LogP) is 3.15. The molecule has 7 nitrogen and oxygen atoms in total. The molecular weight excluding hydrogens is 274 g/mol. The number of rotatable bonds is 1. The van der Waals surface area contributed by atoms with E-state index in [9.17, 15) is 9.59 Å². The third-order valence-corrected chi connectivity index (χ3v) is 1.90. The van der Waals surface area contributed by atoms with E-state index < -0.39 is 23.4 Å². The minimum Gasteiger partial charge on any atom is -0.443 e. The van der Waals surface area contributed by atoms with Gasteiger partial charge in [-0.3, -0.25) is 0 Å². The summed E-state index contributed by atoms with van der Waals surface area (Å²) in [6.07, 6.45) is 1.07. The van der Waals surface area contributed by atoms with Crippen LogP contribution in [0.3, 0.4) is 0 Å². The molecule has 0 spiro atoms. The molecule has 0 atom stereocenters. The van der Waals surface area contributed by atoms with Crippen LogP contribution in [0, 0.1) is 0 Å². The van der Waals surface area contributed by atoms with Crippen LogP contribution in [0.2, 0.25) is 0 Å². The molecule has 0 radical (unpaired) electrons. The van der Waals surface area contributed by atoms with Gasteiger partial charge >= 0.3 is 12.2 Å². The lowest BCUT2D eigenvalue weighted by Gasteiger charge is -2.27. The number of aromatic nitrogens is 2. The highest BCUT2D eigenvalue weighted by Gasteiger charge is 2.34. The highest BCUT2D eigenvalue weighted by molar-refractivity contribution is 6.08. The lowest BCUT2D eigenvalue weighted by atomic mass is 10.2. The van der Waals surface area contributed by atoms with Gasteiger partial charge in [0, 0.05) is 12.4 Å². The Balaban J connectivity index is 3.07. The average molecular weight is 295 g/mol. The van der Waals surface area contributed by atoms with Crippen molar-refractivity contribution in [2.45, 2.75) is 52.7 Å². The van der Waals surface area contributed by atoms with Crippen molar-refractivity contribution in [3.05, 3.63) is 18.5 Å². The predicted molar refractivity (Wildman–Crippen MR) is 77.0 cm³/mol. The number of hydrogen-bond donors (Lipinski definition) is 0. The molecule has 0 bridgehead atoms. The largest absolute Gasteiger partial charge is 0.443 e. The fraction of sp³-hybridized carbons (Fsp3) is 0.571. The third-order valence-electron chi connectivity index (χ3n) is 1.90. The highest BCUT2D eigenvalue weighted by atomic mass is 16.6. The molecule has 2 amide bonds. The normalized spacial score (nSPS) is 11.7. The Morgan fingerprint density at radius 1 is 0.905 bits per heavy atom. The van der Waals surface area contributed by atoms with Crippen molar-refractivity contribution >= 4 is 18.1 Å². The first kappa shape index (κ1) is 16.9. The van der Waals surface area contributed by atoms with Gasteiger partial charge in [-0.05, 0) is 47.6 Å². The van der Waals surface area contributed by atoms with E-state index in [2.05, 4.69) is 9.97 Å². The number of amides is 2. The SMILES string of the molecule is CC(C)(C)OC(=O)N(C(=O)OC(C)(C)C)c1ncccn1. The molecule has 1 aromatic heterocycles. The van der Waals surface area contributed by atoms with Gasteiger partial charge < -0.3 is 9.47 Å². The van der Waals surface area contributed by atoms with Crippen molar-refractivity contribution in [1.29, 1.82) is 0 Å². The topological polar surface area (TPSA) is 81.6 Å². The van der Waals surface area contributed by atoms with Gasteiger partial charge in [-0.1, -0.05) is 0 Å². The minimum atomic E-state index is -0.886. The summed E-state index contributed by atoms with van der Waals surface area (Å²) >= 11 is 0. The van der Waals surface area contributed by atoms with Crippen LogP contribution in [0.5, 0.6) is 0 Å². The minimum absolute atomic E-state index is 0.0963. The quantitative estimate of drug-likeness (QED) is 0.791. The molecule has 21 heavy (non-hydrogen) atoms. The number of nitrogens with zero attached hydrogens (tertiary/aromatic N) is 3. The third kappa shape index (κ3) is 5.76. The first-order valence-corrected chi connectivity index (χ1v) is 6.53. The maximum Gasteiger partial charge on any atom is 0.427 e. The Kier molecular flexibility index (Phi) is 4.88. The second kappa shape index (κ2) is 6.07. The summed E-state index contributed by atoms with van der Waals surface area (Å²) in [7, 11) is 0. The maximum absolute atomic E-state index is 12.2. The van der Waals surface area contributed by atoms with Crippen molar-refractivity contribution in [3.63, 3.8) is 0 Å². The van der Waals surface area contributed by atoms with Gasteiger partial charge in [0.05, 0.1) is 0 Å². The fourth-order valence-electron chi connectivity index (χ4n) is 1.26. The molecule has 0 saturated heterocycles. The molecule has 0 N–H and O–H groups in total. The summed E-state index contributed by atoms with van der Waals surface area (Å²) in [5.41, 5.74) is -1.52. The fourth-order valence-corrected chi connectivity index (χ4v) is 1.26. The molecule has 0 unspecified atom stereocenters. The van der Waals surface area contributed by atoms with Crippen LogP contribution < -0.4 is 4.90 Å². The monoisotopic (exact) mass is 295 g/mol. The first-order valence-electron chi connectivity index (χ1n) is 6.53. The van der Waals surface area contributed by atoms with Gasteiger partial charge in [0.1, 0.15) is 11.2 Å². The molecule has 0 aliphatic heterocycles.